The summed E-state index contributed by atoms with van der Waals surface area (Å²) in [6, 6.07) is 7.41. The molecule has 0 fully saturated rings. The summed E-state index contributed by atoms with van der Waals surface area (Å²) in [4.78, 5) is 29.9. The van der Waals surface area contributed by atoms with Gasteiger partial charge in [-0.3, -0.25) is 9.36 Å². The quantitative estimate of drug-likeness (QED) is 0.398. The third-order valence-corrected chi connectivity index (χ3v) is 5.12. The summed E-state index contributed by atoms with van der Waals surface area (Å²) in [5, 5.41) is 12.0. The zero-order valence-electron chi connectivity index (χ0n) is 16.0. The number of benzene rings is 1. The first kappa shape index (κ1) is 18.9. The fraction of sp³-hybridized carbons (Fsp3) is 0.211. The first-order valence-electron chi connectivity index (χ1n) is 8.88. The average Bonchev–Trinajstić information content (AvgIpc) is 3.32. The Balaban J connectivity index is 1.95. The first-order chi connectivity index (χ1) is 14.0. The number of rotatable bonds is 5. The molecule has 3 heterocycles. The molecule has 29 heavy (non-hydrogen) atoms. The Morgan fingerprint density at radius 2 is 2.07 bits per heavy atom. The minimum absolute atomic E-state index is 0.163. The summed E-state index contributed by atoms with van der Waals surface area (Å²) >= 11 is 1.48. The molecule has 4 rings (SSSR count). The number of carbonyl (C=O) groups is 1. The highest BCUT2D eigenvalue weighted by Crippen LogP contribution is 2.25. The number of thioether (sulfide) groups is 1. The van der Waals surface area contributed by atoms with Gasteiger partial charge in [0.05, 0.1) is 18.4 Å². The number of hydrogen-bond acceptors (Lipinski definition) is 7. The van der Waals surface area contributed by atoms with E-state index in [2.05, 4.69) is 20.3 Å². The van der Waals surface area contributed by atoms with Gasteiger partial charge < -0.3 is 4.74 Å². The third-order valence-electron chi connectivity index (χ3n) is 4.39. The van der Waals surface area contributed by atoms with Gasteiger partial charge in [-0.15, -0.1) is 5.10 Å². The van der Waals surface area contributed by atoms with Gasteiger partial charge in [-0.05, 0) is 24.3 Å². The number of nitrogens with one attached hydrogen (secondary N) is 1. The molecule has 0 atom stereocenters. The van der Waals surface area contributed by atoms with Crippen molar-refractivity contribution in [2.75, 3.05) is 12.9 Å². The molecule has 9 nitrogen and oxygen atoms in total. The summed E-state index contributed by atoms with van der Waals surface area (Å²) < 4.78 is 7.75. The van der Waals surface area contributed by atoms with Crippen LogP contribution in [0, 0.1) is 6.92 Å². The molecule has 148 valence electrons. The molecule has 1 aromatic carbocycles. The van der Waals surface area contributed by atoms with E-state index in [0.29, 0.717) is 16.8 Å². The Morgan fingerprint density at radius 3 is 2.79 bits per heavy atom. The second-order valence-electron chi connectivity index (χ2n) is 6.21. The van der Waals surface area contributed by atoms with E-state index in [9.17, 15) is 9.59 Å². The number of nitrogens with zero attached hydrogens (tertiary/aromatic N) is 5. The molecule has 1 N–H and O–H groups in total. The fourth-order valence-electron chi connectivity index (χ4n) is 3.00. The maximum absolute atomic E-state index is 13.1. The van der Waals surface area contributed by atoms with Crippen molar-refractivity contribution in [3.05, 3.63) is 58.1 Å². The van der Waals surface area contributed by atoms with Gasteiger partial charge in [-0.25, -0.2) is 9.89 Å². The molecule has 0 radical (unpaired) electrons. The summed E-state index contributed by atoms with van der Waals surface area (Å²) in [6.07, 6.45) is 3.12. The van der Waals surface area contributed by atoms with Gasteiger partial charge >= 0.3 is 5.97 Å². The van der Waals surface area contributed by atoms with Crippen LogP contribution in [-0.2, 0) is 4.74 Å². The molecule has 10 heteroatoms. The minimum Gasteiger partial charge on any atom is -0.465 e. The summed E-state index contributed by atoms with van der Waals surface area (Å²) in [6.45, 7) is 3.89. The number of aryl methyl sites for hydroxylation is 1. The topological polar surface area (TPSA) is 108 Å². The molecule has 0 spiro atoms. The van der Waals surface area contributed by atoms with Gasteiger partial charge in [0.15, 0.2) is 0 Å². The number of hydrogen-bond donors (Lipinski definition) is 1. The molecule has 1 aromatic heterocycles. The number of methoxy groups -OCH3 is 1. The lowest BCUT2D eigenvalue weighted by Gasteiger charge is -2.08. The van der Waals surface area contributed by atoms with E-state index in [1.165, 1.54) is 29.8 Å². The van der Waals surface area contributed by atoms with Crippen molar-refractivity contribution < 1.29 is 9.53 Å². The highest BCUT2D eigenvalue weighted by Gasteiger charge is 2.26. The number of H-pyrrole nitrogens is 1. The van der Waals surface area contributed by atoms with Crippen LogP contribution in [0.5, 0.6) is 0 Å². The Kier molecular flexibility index (Phi) is 4.93. The van der Waals surface area contributed by atoms with Gasteiger partial charge in [0.1, 0.15) is 11.3 Å². The van der Waals surface area contributed by atoms with Crippen molar-refractivity contribution in [3.8, 4) is 22.9 Å². The zero-order chi connectivity index (χ0) is 20.5. The first-order valence-corrected chi connectivity index (χ1v) is 9.87. The Bertz CT molecular complexity index is 1220. The van der Waals surface area contributed by atoms with E-state index < -0.39 is 5.97 Å². The lowest BCUT2D eigenvalue weighted by molar-refractivity contribution is 0.0600. The number of aromatic amines is 1. The standard InChI is InChI=1S/C19H18N6O3S/c1-4-29-19-20-18(21-22-19)24-9-12-15(13(10-24)17(27)28-3)23-25(16(12)26)14-8-6-5-7-11(14)2/h5-10H,4H2,1-3H3,(H,20,21,22). The maximum atomic E-state index is 13.1. The van der Waals surface area contributed by atoms with Crippen LogP contribution in [0.15, 0.2) is 46.6 Å². The number of ether oxygens (including phenoxy) is 1. The second kappa shape index (κ2) is 7.55. The van der Waals surface area contributed by atoms with Crippen LogP contribution < -0.4 is 5.56 Å². The van der Waals surface area contributed by atoms with Crippen LogP contribution in [0.25, 0.3) is 22.9 Å². The predicted octanol–water partition coefficient (Wildman–Crippen LogP) is 2.45. The monoisotopic (exact) mass is 410 g/mol. The molecular weight excluding hydrogens is 392 g/mol. The Labute approximate surface area is 170 Å². The minimum atomic E-state index is -0.596. The summed E-state index contributed by atoms with van der Waals surface area (Å²) in [5.41, 5.74) is 1.91. The van der Waals surface area contributed by atoms with E-state index >= 15 is 0 Å². The van der Waals surface area contributed by atoms with Crippen LogP contribution in [0.2, 0.25) is 0 Å². The smallest absolute Gasteiger partial charge is 0.341 e. The predicted molar refractivity (Wildman–Crippen MR) is 108 cm³/mol. The molecule has 2 aliphatic rings. The van der Waals surface area contributed by atoms with Gasteiger partial charge in [-0.1, -0.05) is 36.9 Å². The van der Waals surface area contributed by atoms with Gasteiger partial charge in [0.25, 0.3) is 5.56 Å². The third kappa shape index (κ3) is 3.31. The Morgan fingerprint density at radius 1 is 1.28 bits per heavy atom. The number of esters is 1. The van der Waals surface area contributed by atoms with Crippen LogP contribution in [0.1, 0.15) is 22.8 Å². The molecular formula is C19H18N6O3S. The van der Waals surface area contributed by atoms with Crippen molar-refractivity contribution >= 4 is 17.7 Å². The summed E-state index contributed by atoms with van der Waals surface area (Å²) in [7, 11) is 1.28. The Hall–Kier alpha value is -3.40. The van der Waals surface area contributed by atoms with Gasteiger partial charge in [0, 0.05) is 12.4 Å². The molecule has 0 aliphatic carbocycles. The number of carbonyl (C=O) groups excluding carboxylic acids is 1. The molecule has 0 unspecified atom stereocenters. The van der Waals surface area contributed by atoms with Crippen LogP contribution in [-0.4, -0.2) is 48.4 Å². The number of fused-ring (bicyclic) bond motifs is 1. The van der Waals surface area contributed by atoms with Crippen molar-refractivity contribution in [1.82, 2.24) is 29.5 Å². The molecule has 0 saturated carbocycles. The van der Waals surface area contributed by atoms with E-state index in [1.54, 1.807) is 16.8 Å². The van der Waals surface area contributed by atoms with E-state index in [-0.39, 0.29) is 22.4 Å². The number of pyridine rings is 1. The van der Waals surface area contributed by atoms with Crippen LogP contribution >= 0.6 is 11.8 Å². The molecule has 2 aromatic rings. The number of para-hydroxylation sites is 1. The van der Waals surface area contributed by atoms with Crippen molar-refractivity contribution in [2.45, 2.75) is 19.0 Å². The molecule has 2 aliphatic heterocycles. The van der Waals surface area contributed by atoms with Crippen LogP contribution in [0.3, 0.4) is 0 Å². The van der Waals surface area contributed by atoms with E-state index in [4.69, 9.17) is 4.74 Å². The average molecular weight is 410 g/mol. The SMILES string of the molecule is CCSc1n[nH]c(-n2cc(C(=O)OC)c3nn(-c4ccccc4C)c(=O)c-3c2)n1. The lowest BCUT2D eigenvalue weighted by atomic mass is 10.1. The van der Waals surface area contributed by atoms with E-state index in [0.717, 1.165) is 11.3 Å². The highest BCUT2D eigenvalue weighted by molar-refractivity contribution is 7.99. The fourth-order valence-corrected chi connectivity index (χ4v) is 3.52. The molecule has 0 bridgehead atoms. The van der Waals surface area contributed by atoms with Gasteiger partial charge in [0.2, 0.25) is 11.1 Å². The largest absolute Gasteiger partial charge is 0.465 e. The highest BCUT2D eigenvalue weighted by atomic mass is 32.2. The van der Waals surface area contributed by atoms with Crippen molar-refractivity contribution in [2.24, 2.45) is 0 Å². The van der Waals surface area contributed by atoms with Crippen molar-refractivity contribution in [1.29, 1.82) is 0 Å². The molecule has 0 amide bonds. The van der Waals surface area contributed by atoms with E-state index in [1.807, 2.05) is 32.0 Å². The molecule has 0 saturated heterocycles. The van der Waals surface area contributed by atoms with Crippen molar-refractivity contribution in [3.63, 3.8) is 0 Å². The lowest BCUT2D eigenvalue weighted by Crippen LogP contribution is -2.16. The van der Waals surface area contributed by atoms with Gasteiger partial charge in [-0.2, -0.15) is 14.8 Å². The zero-order valence-corrected chi connectivity index (χ0v) is 16.9. The second-order valence-corrected chi connectivity index (χ2v) is 7.44. The number of aromatic nitrogens is 6. The maximum Gasteiger partial charge on any atom is 0.341 e. The normalized spacial score (nSPS) is 11.1. The van der Waals surface area contributed by atoms with Crippen LogP contribution in [0.4, 0.5) is 0 Å². The summed E-state index contributed by atoms with van der Waals surface area (Å²) in [5.74, 6) is 0.611.